The van der Waals surface area contributed by atoms with Gasteiger partial charge in [-0.15, -0.1) is 5.10 Å². The van der Waals surface area contributed by atoms with Crippen molar-refractivity contribution in [3.8, 4) is 0 Å². The minimum absolute atomic E-state index is 0.109. The van der Waals surface area contributed by atoms with E-state index in [0.717, 1.165) is 10.4 Å². The third kappa shape index (κ3) is 3.35. The third-order valence-electron chi connectivity index (χ3n) is 2.24. The monoisotopic (exact) mass is 261 g/mol. The van der Waals surface area contributed by atoms with Crippen LogP contribution in [0.2, 0.25) is 0 Å². The number of amides is 1. The number of nitrogens with zero attached hydrogens (tertiary/aromatic N) is 4. The number of aryl methyl sites for hydroxylation is 1. The maximum atomic E-state index is 11.7. The number of anilines is 1. The van der Waals surface area contributed by atoms with E-state index in [1.54, 1.807) is 18.3 Å². The van der Waals surface area contributed by atoms with Gasteiger partial charge in [-0.1, -0.05) is 5.21 Å². The molecule has 0 aromatic carbocycles. The number of carbonyl (C=O) groups is 2. The van der Waals surface area contributed by atoms with Crippen molar-refractivity contribution in [2.24, 2.45) is 0 Å². The molecule has 0 aliphatic rings. The Bertz CT molecular complexity index is 622. The molecular formula is C11H11N5O3. The highest BCUT2D eigenvalue weighted by Crippen LogP contribution is 2.07. The zero-order valence-electron chi connectivity index (χ0n) is 10.1. The summed E-state index contributed by atoms with van der Waals surface area (Å²) in [5.41, 5.74) is 1.20. The summed E-state index contributed by atoms with van der Waals surface area (Å²) >= 11 is 0. The third-order valence-corrected chi connectivity index (χ3v) is 2.24. The molecule has 0 unspecified atom stereocenters. The molecule has 0 fully saturated rings. The summed E-state index contributed by atoms with van der Waals surface area (Å²) in [4.78, 5) is 26.3. The van der Waals surface area contributed by atoms with Gasteiger partial charge in [0.1, 0.15) is 6.54 Å². The largest absolute Gasteiger partial charge is 0.476 e. The van der Waals surface area contributed by atoms with Crippen molar-refractivity contribution < 1.29 is 14.7 Å². The quantitative estimate of drug-likeness (QED) is 0.820. The van der Waals surface area contributed by atoms with E-state index >= 15 is 0 Å². The van der Waals surface area contributed by atoms with Gasteiger partial charge in [0.2, 0.25) is 5.91 Å². The van der Waals surface area contributed by atoms with Crippen LogP contribution >= 0.6 is 0 Å². The average molecular weight is 261 g/mol. The number of aromatic carboxylic acids is 1. The maximum Gasteiger partial charge on any atom is 0.358 e. The summed E-state index contributed by atoms with van der Waals surface area (Å²) in [6.07, 6.45) is 2.78. The van der Waals surface area contributed by atoms with Gasteiger partial charge in [0, 0.05) is 17.6 Å². The molecule has 0 radical (unpaired) electrons. The second-order valence-electron chi connectivity index (χ2n) is 3.84. The molecule has 0 bridgehead atoms. The molecule has 0 aliphatic heterocycles. The average Bonchev–Trinajstić information content (AvgIpc) is 2.77. The molecule has 2 aromatic rings. The van der Waals surface area contributed by atoms with E-state index in [2.05, 4.69) is 20.6 Å². The van der Waals surface area contributed by atoms with Gasteiger partial charge in [0.05, 0.1) is 6.20 Å². The number of carboxylic acids is 1. The van der Waals surface area contributed by atoms with E-state index in [9.17, 15) is 9.59 Å². The van der Waals surface area contributed by atoms with Crippen LogP contribution in [0.25, 0.3) is 0 Å². The molecule has 0 atom stereocenters. The zero-order chi connectivity index (χ0) is 13.8. The SMILES string of the molecule is Cc1cc(NC(=O)Cn2cc(C(=O)O)nn2)ccn1. The minimum Gasteiger partial charge on any atom is -0.476 e. The number of carbonyl (C=O) groups excluding carboxylic acids is 1. The first kappa shape index (κ1) is 12.7. The molecular weight excluding hydrogens is 250 g/mol. The lowest BCUT2D eigenvalue weighted by Crippen LogP contribution is -2.19. The van der Waals surface area contributed by atoms with Gasteiger partial charge in [0.15, 0.2) is 5.69 Å². The minimum atomic E-state index is -1.18. The lowest BCUT2D eigenvalue weighted by atomic mass is 10.3. The molecule has 1 amide bonds. The van der Waals surface area contributed by atoms with Crippen molar-refractivity contribution in [1.29, 1.82) is 0 Å². The van der Waals surface area contributed by atoms with Crippen molar-refractivity contribution >= 4 is 17.6 Å². The van der Waals surface area contributed by atoms with Crippen molar-refractivity contribution in [2.45, 2.75) is 13.5 Å². The van der Waals surface area contributed by atoms with Crippen molar-refractivity contribution in [1.82, 2.24) is 20.0 Å². The first-order chi connectivity index (χ1) is 9.04. The summed E-state index contributed by atoms with van der Waals surface area (Å²) in [5, 5.41) is 18.3. The Morgan fingerprint density at radius 1 is 1.47 bits per heavy atom. The molecule has 2 N–H and O–H groups in total. The van der Waals surface area contributed by atoms with Gasteiger partial charge in [-0.3, -0.25) is 9.78 Å². The second kappa shape index (κ2) is 5.25. The fourth-order valence-corrected chi connectivity index (χ4v) is 1.44. The van der Waals surface area contributed by atoms with E-state index in [1.807, 2.05) is 6.92 Å². The molecule has 2 heterocycles. The number of carboxylic acid groups (broad SMARTS) is 1. The van der Waals surface area contributed by atoms with Crippen molar-refractivity contribution in [3.05, 3.63) is 35.9 Å². The molecule has 2 aromatic heterocycles. The molecule has 0 spiro atoms. The van der Waals surface area contributed by atoms with Crippen LogP contribution in [0.4, 0.5) is 5.69 Å². The predicted molar refractivity (Wildman–Crippen MR) is 64.6 cm³/mol. The summed E-state index contributed by atoms with van der Waals surface area (Å²) < 4.78 is 1.16. The van der Waals surface area contributed by atoms with Crippen LogP contribution in [0.1, 0.15) is 16.2 Å². The van der Waals surface area contributed by atoms with Crippen LogP contribution in [-0.2, 0) is 11.3 Å². The highest BCUT2D eigenvalue weighted by atomic mass is 16.4. The normalized spacial score (nSPS) is 10.2. The van der Waals surface area contributed by atoms with Gasteiger partial charge >= 0.3 is 5.97 Å². The summed E-state index contributed by atoms with van der Waals surface area (Å²) in [7, 11) is 0. The van der Waals surface area contributed by atoms with Crippen molar-refractivity contribution in [2.75, 3.05) is 5.32 Å². The van der Waals surface area contributed by atoms with Crippen LogP contribution in [0.15, 0.2) is 24.5 Å². The second-order valence-corrected chi connectivity index (χ2v) is 3.84. The van der Waals surface area contributed by atoms with Crippen molar-refractivity contribution in [3.63, 3.8) is 0 Å². The van der Waals surface area contributed by atoms with Crippen LogP contribution in [-0.4, -0.2) is 37.0 Å². The molecule has 0 saturated heterocycles. The van der Waals surface area contributed by atoms with Gasteiger partial charge in [-0.05, 0) is 19.1 Å². The first-order valence-corrected chi connectivity index (χ1v) is 5.40. The van der Waals surface area contributed by atoms with Gasteiger partial charge in [0.25, 0.3) is 0 Å². The highest BCUT2D eigenvalue weighted by Gasteiger charge is 2.10. The smallest absolute Gasteiger partial charge is 0.358 e. The lowest BCUT2D eigenvalue weighted by molar-refractivity contribution is -0.116. The van der Waals surface area contributed by atoms with Crippen LogP contribution in [0.5, 0.6) is 0 Å². The lowest BCUT2D eigenvalue weighted by Gasteiger charge is -2.05. The standard InChI is InChI=1S/C11H11N5O3/c1-7-4-8(2-3-12-7)13-10(17)6-16-5-9(11(18)19)14-15-16/h2-5H,6H2,1H3,(H,18,19)(H,12,13,17). The zero-order valence-corrected chi connectivity index (χ0v) is 10.1. The molecule has 0 saturated carbocycles. The van der Waals surface area contributed by atoms with E-state index < -0.39 is 5.97 Å². The number of aromatic nitrogens is 4. The Labute approximate surface area is 108 Å². The fourth-order valence-electron chi connectivity index (χ4n) is 1.44. The number of nitrogens with one attached hydrogen (secondary N) is 1. The topological polar surface area (TPSA) is 110 Å². The predicted octanol–water partition coefficient (Wildman–Crippen LogP) is 0.318. The number of rotatable bonds is 4. The summed E-state index contributed by atoms with van der Waals surface area (Å²) in [6, 6.07) is 3.39. The Morgan fingerprint density at radius 2 is 2.26 bits per heavy atom. The van der Waals surface area contributed by atoms with E-state index in [4.69, 9.17) is 5.11 Å². The Morgan fingerprint density at radius 3 is 2.89 bits per heavy atom. The highest BCUT2D eigenvalue weighted by molar-refractivity contribution is 5.90. The fraction of sp³-hybridized carbons (Fsp3) is 0.182. The molecule has 0 aliphatic carbocycles. The van der Waals surface area contributed by atoms with E-state index in [1.165, 1.54) is 6.20 Å². The van der Waals surface area contributed by atoms with Crippen LogP contribution in [0, 0.1) is 6.92 Å². The number of hydrogen-bond donors (Lipinski definition) is 2. The Balaban J connectivity index is 1.99. The van der Waals surface area contributed by atoms with Gasteiger partial charge < -0.3 is 10.4 Å². The molecule has 19 heavy (non-hydrogen) atoms. The van der Waals surface area contributed by atoms with Crippen LogP contribution < -0.4 is 5.32 Å². The Hall–Kier alpha value is -2.77. The Kier molecular flexibility index (Phi) is 3.51. The molecule has 98 valence electrons. The first-order valence-electron chi connectivity index (χ1n) is 5.40. The molecule has 8 heteroatoms. The molecule has 2 rings (SSSR count). The number of hydrogen-bond acceptors (Lipinski definition) is 5. The maximum absolute atomic E-state index is 11.7. The van der Waals surface area contributed by atoms with Gasteiger partial charge in [-0.2, -0.15) is 0 Å². The van der Waals surface area contributed by atoms with E-state index in [0.29, 0.717) is 5.69 Å². The molecule has 8 nitrogen and oxygen atoms in total. The number of pyridine rings is 1. The van der Waals surface area contributed by atoms with Gasteiger partial charge in [-0.25, -0.2) is 9.48 Å². The summed E-state index contributed by atoms with van der Waals surface area (Å²) in [5.74, 6) is -1.51. The van der Waals surface area contributed by atoms with Crippen LogP contribution in [0.3, 0.4) is 0 Å². The summed E-state index contributed by atoms with van der Waals surface area (Å²) in [6.45, 7) is 1.70. The van der Waals surface area contributed by atoms with E-state index in [-0.39, 0.29) is 18.1 Å².